The predicted octanol–water partition coefficient (Wildman–Crippen LogP) is 3.72. The summed E-state index contributed by atoms with van der Waals surface area (Å²) in [4.78, 5) is 0. The molecule has 0 heteroatoms. The lowest BCUT2D eigenvalue weighted by Gasteiger charge is -1.94. The van der Waals surface area contributed by atoms with E-state index in [1.54, 1.807) is 0 Å². The molecule has 0 N–H and O–H groups in total. The van der Waals surface area contributed by atoms with Crippen LogP contribution in [0, 0.1) is 17.8 Å². The molecule has 70 valence electrons. The maximum Gasteiger partial charge on any atom is 0.0563 e. The molecule has 0 heterocycles. The summed E-state index contributed by atoms with van der Waals surface area (Å²) in [5, 5.41) is 0. The number of rotatable bonds is 4. The molecule has 1 atom stereocenters. The molecule has 0 saturated heterocycles. The van der Waals surface area contributed by atoms with Crippen molar-refractivity contribution in [2.75, 3.05) is 0 Å². The topological polar surface area (TPSA) is 0 Å². The molecule has 0 aromatic heterocycles. The lowest BCUT2D eigenvalue weighted by Crippen LogP contribution is -1.84. The Balaban J connectivity index is 4.06. The second-order valence-corrected chi connectivity index (χ2v) is 2.68. The van der Waals surface area contributed by atoms with Crippen LogP contribution in [0.2, 0.25) is 0 Å². The van der Waals surface area contributed by atoms with Crippen LogP contribution in [-0.2, 0) is 0 Å². The Morgan fingerprint density at radius 3 is 2.38 bits per heavy atom. The van der Waals surface area contributed by atoms with Gasteiger partial charge in [0.1, 0.15) is 0 Å². The molecule has 0 amide bonds. The number of hydrogen-bond acceptors (Lipinski definition) is 0. The van der Waals surface area contributed by atoms with Crippen molar-refractivity contribution >= 4 is 0 Å². The summed E-state index contributed by atoms with van der Waals surface area (Å²) in [6.45, 7) is 5.92. The average molecular weight is 174 g/mol. The van der Waals surface area contributed by atoms with Gasteiger partial charge in [0.25, 0.3) is 0 Å². The summed E-state index contributed by atoms with van der Waals surface area (Å²) >= 11 is 0. The van der Waals surface area contributed by atoms with Gasteiger partial charge in [0.2, 0.25) is 0 Å². The van der Waals surface area contributed by atoms with Gasteiger partial charge in [-0.15, -0.1) is 5.92 Å². The molecule has 0 rings (SSSR count). The van der Waals surface area contributed by atoms with Crippen LogP contribution in [0.4, 0.5) is 0 Å². The first-order valence-corrected chi connectivity index (χ1v) is 4.68. The molecule has 0 fully saturated rings. The largest absolute Gasteiger partial charge is 0.106 e. The molecule has 0 saturated carbocycles. The summed E-state index contributed by atoms with van der Waals surface area (Å²) in [6.07, 6.45) is 13.6. The maximum absolute atomic E-state index is 3.11. The molecule has 13 heavy (non-hydrogen) atoms. The molecule has 0 bridgehead atoms. The zero-order valence-corrected chi connectivity index (χ0v) is 8.75. The number of hydrogen-bond donors (Lipinski definition) is 0. The van der Waals surface area contributed by atoms with Gasteiger partial charge in [0.15, 0.2) is 0 Å². The van der Waals surface area contributed by atoms with Gasteiger partial charge in [0, 0.05) is 0 Å². The van der Waals surface area contributed by atoms with Crippen molar-refractivity contribution in [1.82, 2.24) is 0 Å². The minimum absolute atomic E-state index is 0.278. The van der Waals surface area contributed by atoms with E-state index in [-0.39, 0.29) is 5.92 Å². The van der Waals surface area contributed by atoms with Crippen LogP contribution in [0.5, 0.6) is 0 Å². The van der Waals surface area contributed by atoms with E-state index in [1.807, 2.05) is 26.8 Å². The van der Waals surface area contributed by atoms with Crippen LogP contribution >= 0.6 is 0 Å². The van der Waals surface area contributed by atoms with E-state index in [2.05, 4.69) is 42.2 Å². The Labute approximate surface area is 82.0 Å². The van der Waals surface area contributed by atoms with E-state index in [0.717, 1.165) is 6.42 Å². The van der Waals surface area contributed by atoms with E-state index in [1.165, 1.54) is 0 Å². The molecule has 0 aliphatic rings. The molecule has 0 nitrogen and oxygen atoms in total. The third kappa shape index (κ3) is 7.15. The van der Waals surface area contributed by atoms with Gasteiger partial charge in [0.05, 0.1) is 5.92 Å². The van der Waals surface area contributed by atoms with Gasteiger partial charge in [-0.25, -0.2) is 0 Å². The van der Waals surface area contributed by atoms with Crippen LogP contribution in [0.1, 0.15) is 27.2 Å². The quantitative estimate of drug-likeness (QED) is 0.450. The molecule has 0 aliphatic carbocycles. The minimum Gasteiger partial charge on any atom is -0.106 e. The molecular formula is C13H18. The highest BCUT2D eigenvalue weighted by atomic mass is 13.9. The standard InChI is InChI=1S/C13H18/c1-4-7-8-9-12-13(10-5-2)11-6-3/h4-5,7,9-10,12-13H,8H2,1-3H3. The lowest BCUT2D eigenvalue weighted by atomic mass is 10.1. The fourth-order valence-electron chi connectivity index (χ4n) is 0.974. The fraction of sp³-hybridized carbons (Fsp3) is 0.385. The molecule has 0 spiro atoms. The Morgan fingerprint density at radius 2 is 1.85 bits per heavy atom. The van der Waals surface area contributed by atoms with Gasteiger partial charge in [-0.05, 0) is 27.2 Å². The second-order valence-electron chi connectivity index (χ2n) is 2.68. The lowest BCUT2D eigenvalue weighted by molar-refractivity contribution is 1.10. The molecule has 0 radical (unpaired) electrons. The first-order valence-electron chi connectivity index (χ1n) is 4.68. The van der Waals surface area contributed by atoms with Crippen LogP contribution < -0.4 is 0 Å². The minimum atomic E-state index is 0.278. The monoisotopic (exact) mass is 174 g/mol. The highest BCUT2D eigenvalue weighted by Crippen LogP contribution is 2.00. The first kappa shape index (κ1) is 11.8. The Kier molecular flexibility index (Phi) is 8.04. The van der Waals surface area contributed by atoms with Crippen LogP contribution in [-0.4, -0.2) is 0 Å². The molecule has 0 aromatic rings. The Bertz CT molecular complexity index is 243. The maximum atomic E-state index is 3.11. The van der Waals surface area contributed by atoms with Crippen LogP contribution in [0.15, 0.2) is 36.5 Å². The molecule has 0 aromatic carbocycles. The first-order chi connectivity index (χ1) is 6.35. The van der Waals surface area contributed by atoms with Gasteiger partial charge in [-0.1, -0.05) is 42.4 Å². The fourth-order valence-corrected chi connectivity index (χ4v) is 0.974. The van der Waals surface area contributed by atoms with Gasteiger partial charge in [-0.2, -0.15) is 0 Å². The van der Waals surface area contributed by atoms with Crippen molar-refractivity contribution in [2.45, 2.75) is 27.2 Å². The predicted molar refractivity (Wildman–Crippen MR) is 60.3 cm³/mol. The Hall–Kier alpha value is -1.22. The number of allylic oxidation sites excluding steroid dienone is 6. The van der Waals surface area contributed by atoms with Crippen molar-refractivity contribution in [2.24, 2.45) is 5.92 Å². The summed E-state index contributed by atoms with van der Waals surface area (Å²) in [5.41, 5.74) is 0. The van der Waals surface area contributed by atoms with E-state index in [4.69, 9.17) is 0 Å². The third-order valence-corrected chi connectivity index (χ3v) is 1.56. The van der Waals surface area contributed by atoms with Gasteiger partial charge in [-0.3, -0.25) is 0 Å². The van der Waals surface area contributed by atoms with E-state index >= 15 is 0 Å². The van der Waals surface area contributed by atoms with Gasteiger partial charge >= 0.3 is 0 Å². The van der Waals surface area contributed by atoms with Crippen molar-refractivity contribution in [3.8, 4) is 11.8 Å². The van der Waals surface area contributed by atoms with Crippen molar-refractivity contribution in [3.63, 3.8) is 0 Å². The van der Waals surface area contributed by atoms with Crippen LogP contribution in [0.3, 0.4) is 0 Å². The summed E-state index contributed by atoms with van der Waals surface area (Å²) in [6, 6.07) is 0. The van der Waals surface area contributed by atoms with Crippen molar-refractivity contribution in [1.29, 1.82) is 0 Å². The molecule has 0 aliphatic heterocycles. The summed E-state index contributed by atoms with van der Waals surface area (Å²) in [7, 11) is 0. The van der Waals surface area contributed by atoms with Crippen molar-refractivity contribution in [3.05, 3.63) is 36.5 Å². The van der Waals surface area contributed by atoms with E-state index < -0.39 is 0 Å². The normalized spacial score (nSPS) is 13.8. The zero-order chi connectivity index (χ0) is 9.94. The van der Waals surface area contributed by atoms with E-state index in [9.17, 15) is 0 Å². The summed E-state index contributed by atoms with van der Waals surface area (Å²) < 4.78 is 0. The molecule has 1 unspecified atom stereocenters. The smallest absolute Gasteiger partial charge is 0.0563 e. The third-order valence-electron chi connectivity index (χ3n) is 1.56. The second kappa shape index (κ2) is 8.87. The Morgan fingerprint density at radius 1 is 1.08 bits per heavy atom. The zero-order valence-electron chi connectivity index (χ0n) is 8.75. The average Bonchev–Trinajstić information content (AvgIpc) is 2.13. The SMILES string of the molecule is CC#CC(C=CC)C=CCC=CC. The van der Waals surface area contributed by atoms with E-state index in [0.29, 0.717) is 0 Å². The molecular weight excluding hydrogens is 156 g/mol. The summed E-state index contributed by atoms with van der Waals surface area (Å²) in [5.74, 6) is 6.31. The highest BCUT2D eigenvalue weighted by Gasteiger charge is 1.90. The van der Waals surface area contributed by atoms with Gasteiger partial charge < -0.3 is 0 Å². The highest BCUT2D eigenvalue weighted by molar-refractivity contribution is 5.17. The van der Waals surface area contributed by atoms with Crippen LogP contribution in [0.25, 0.3) is 0 Å². The van der Waals surface area contributed by atoms with Crippen molar-refractivity contribution < 1.29 is 0 Å².